The fourth-order valence-electron chi connectivity index (χ4n) is 2.31. The first-order valence-corrected chi connectivity index (χ1v) is 8.91. The summed E-state index contributed by atoms with van der Waals surface area (Å²) in [6.45, 7) is 0.287. The molecule has 6 nitrogen and oxygen atoms in total. The van der Waals surface area contributed by atoms with Crippen molar-refractivity contribution >= 4 is 24.0 Å². The minimum absolute atomic E-state index is 0.0238. The molecule has 0 saturated carbocycles. The van der Waals surface area contributed by atoms with Crippen LogP contribution in [0, 0.1) is 0 Å². The first kappa shape index (κ1) is 20.9. The molecule has 2 amide bonds. The van der Waals surface area contributed by atoms with Crippen LogP contribution in [0.25, 0.3) is 12.2 Å². The summed E-state index contributed by atoms with van der Waals surface area (Å²) in [5, 5.41) is 14.2. The number of nitrogens with one attached hydrogen (secondary N) is 2. The van der Waals surface area contributed by atoms with Crippen LogP contribution in [0.1, 0.15) is 17.5 Å². The van der Waals surface area contributed by atoms with E-state index < -0.39 is 11.8 Å². The molecule has 28 heavy (non-hydrogen) atoms. The number of carbonyl (C=O) groups excluding carboxylic acids is 2. The van der Waals surface area contributed by atoms with E-state index in [1.807, 2.05) is 30.3 Å². The van der Waals surface area contributed by atoms with Gasteiger partial charge in [0.2, 0.25) is 5.91 Å². The van der Waals surface area contributed by atoms with E-state index in [1.165, 1.54) is 6.08 Å². The van der Waals surface area contributed by atoms with Gasteiger partial charge >= 0.3 is 0 Å². The van der Waals surface area contributed by atoms with Crippen molar-refractivity contribution < 1.29 is 19.4 Å². The molecule has 3 N–H and O–H groups in total. The molecule has 0 spiro atoms. The van der Waals surface area contributed by atoms with Crippen molar-refractivity contribution in [3.63, 3.8) is 0 Å². The van der Waals surface area contributed by atoms with Gasteiger partial charge in [-0.25, -0.2) is 0 Å². The van der Waals surface area contributed by atoms with Gasteiger partial charge in [0, 0.05) is 19.2 Å². The Kier molecular flexibility index (Phi) is 8.49. The second-order valence-corrected chi connectivity index (χ2v) is 5.90. The summed E-state index contributed by atoms with van der Waals surface area (Å²) >= 11 is 0. The molecule has 2 aromatic carbocycles. The summed E-state index contributed by atoms with van der Waals surface area (Å²) in [6.07, 6.45) is 5.06. The van der Waals surface area contributed by atoms with Gasteiger partial charge in [0.25, 0.3) is 5.91 Å². The summed E-state index contributed by atoms with van der Waals surface area (Å²) in [6, 6.07) is 16.5. The third-order valence-electron chi connectivity index (χ3n) is 3.78. The fourth-order valence-corrected chi connectivity index (χ4v) is 2.31. The van der Waals surface area contributed by atoms with E-state index >= 15 is 0 Å². The average molecular weight is 380 g/mol. The minimum atomic E-state index is -0.425. The van der Waals surface area contributed by atoms with Gasteiger partial charge in [-0.2, -0.15) is 0 Å². The number of hydrogen-bond acceptors (Lipinski definition) is 4. The van der Waals surface area contributed by atoms with E-state index in [0.29, 0.717) is 18.7 Å². The summed E-state index contributed by atoms with van der Waals surface area (Å²) in [4.78, 5) is 24.7. The number of hydrogen-bond donors (Lipinski definition) is 3. The Bertz CT molecular complexity index is 827. The first-order valence-electron chi connectivity index (χ1n) is 8.91. The van der Waals surface area contributed by atoms with Crippen LogP contribution >= 0.6 is 0 Å². The van der Waals surface area contributed by atoms with Gasteiger partial charge in [0.15, 0.2) is 0 Å². The predicted octanol–water partition coefficient (Wildman–Crippen LogP) is 2.36. The van der Waals surface area contributed by atoms with Crippen molar-refractivity contribution in [3.8, 4) is 5.75 Å². The standard InChI is InChI=1S/C22H24N2O4/c1-28-19-11-8-18(9-12-19)16-20(22(27)23-14-5-15-25)24-21(26)13-10-17-6-3-2-4-7-17/h2-4,6-13,16,25H,5,14-15H2,1H3,(H,23,27)(H,24,26). The molecule has 2 rings (SSSR count). The summed E-state index contributed by atoms with van der Waals surface area (Å²) in [5.41, 5.74) is 1.73. The highest BCUT2D eigenvalue weighted by atomic mass is 16.5. The number of aliphatic hydroxyl groups is 1. The number of rotatable bonds is 9. The van der Waals surface area contributed by atoms with E-state index in [1.54, 1.807) is 43.5 Å². The van der Waals surface area contributed by atoms with Gasteiger partial charge in [-0.1, -0.05) is 42.5 Å². The molecule has 0 aromatic heterocycles. The van der Waals surface area contributed by atoms with Crippen LogP contribution < -0.4 is 15.4 Å². The monoisotopic (exact) mass is 380 g/mol. The predicted molar refractivity (Wildman–Crippen MR) is 109 cm³/mol. The number of benzene rings is 2. The Morgan fingerprint density at radius 2 is 1.75 bits per heavy atom. The van der Waals surface area contributed by atoms with Gasteiger partial charge in [-0.05, 0) is 41.8 Å². The highest BCUT2D eigenvalue weighted by Crippen LogP contribution is 2.13. The van der Waals surface area contributed by atoms with Crippen molar-refractivity contribution in [3.05, 3.63) is 77.5 Å². The van der Waals surface area contributed by atoms with Crippen LogP contribution in [0.15, 0.2) is 66.4 Å². The van der Waals surface area contributed by atoms with Crippen LogP contribution in [-0.4, -0.2) is 37.2 Å². The third-order valence-corrected chi connectivity index (χ3v) is 3.78. The van der Waals surface area contributed by atoms with Crippen molar-refractivity contribution in [1.82, 2.24) is 10.6 Å². The number of ether oxygens (including phenoxy) is 1. The van der Waals surface area contributed by atoms with Gasteiger partial charge < -0.3 is 20.5 Å². The Morgan fingerprint density at radius 1 is 1.04 bits per heavy atom. The largest absolute Gasteiger partial charge is 0.497 e. The zero-order valence-corrected chi connectivity index (χ0v) is 15.7. The van der Waals surface area contributed by atoms with Crippen LogP contribution in [-0.2, 0) is 9.59 Å². The first-order chi connectivity index (χ1) is 13.6. The molecule has 146 valence electrons. The molecule has 0 aliphatic heterocycles. The van der Waals surface area contributed by atoms with Crippen molar-refractivity contribution in [2.45, 2.75) is 6.42 Å². The van der Waals surface area contributed by atoms with Crippen molar-refractivity contribution in [1.29, 1.82) is 0 Å². The van der Waals surface area contributed by atoms with Crippen LogP contribution in [0.2, 0.25) is 0 Å². The molecule has 2 aromatic rings. The van der Waals surface area contributed by atoms with Crippen molar-refractivity contribution in [2.24, 2.45) is 0 Å². The zero-order chi connectivity index (χ0) is 20.2. The lowest BCUT2D eigenvalue weighted by Gasteiger charge is -2.10. The number of amides is 2. The third kappa shape index (κ3) is 7.09. The average Bonchev–Trinajstić information content (AvgIpc) is 2.73. The maximum Gasteiger partial charge on any atom is 0.267 e. The quantitative estimate of drug-likeness (QED) is 0.460. The molecule has 0 fully saturated rings. The molecular formula is C22H24N2O4. The molecule has 0 bridgehead atoms. The van der Waals surface area contributed by atoms with E-state index in [-0.39, 0.29) is 12.3 Å². The van der Waals surface area contributed by atoms with E-state index in [0.717, 1.165) is 11.1 Å². The Hall–Kier alpha value is -3.38. The smallest absolute Gasteiger partial charge is 0.267 e. The topological polar surface area (TPSA) is 87.7 Å². The SMILES string of the molecule is COc1ccc(C=C(NC(=O)C=Cc2ccccc2)C(=O)NCCCO)cc1. The molecule has 0 unspecified atom stereocenters. The molecule has 0 heterocycles. The Labute approximate surface area is 164 Å². The highest BCUT2D eigenvalue weighted by Gasteiger charge is 2.11. The number of methoxy groups -OCH3 is 1. The van der Waals surface area contributed by atoms with Crippen LogP contribution in [0.4, 0.5) is 0 Å². The molecular weight excluding hydrogens is 356 g/mol. The fraction of sp³-hybridized carbons (Fsp3) is 0.182. The maximum atomic E-state index is 12.4. The van der Waals surface area contributed by atoms with Crippen molar-refractivity contribution in [2.75, 3.05) is 20.3 Å². The van der Waals surface area contributed by atoms with E-state index in [9.17, 15) is 9.59 Å². The minimum Gasteiger partial charge on any atom is -0.497 e. The second kappa shape index (κ2) is 11.4. The van der Waals surface area contributed by atoms with E-state index in [4.69, 9.17) is 9.84 Å². The Morgan fingerprint density at radius 3 is 2.39 bits per heavy atom. The van der Waals surface area contributed by atoms with Gasteiger partial charge in [0.1, 0.15) is 11.4 Å². The van der Waals surface area contributed by atoms with Crippen LogP contribution in [0.5, 0.6) is 5.75 Å². The molecule has 0 radical (unpaired) electrons. The molecule has 0 aliphatic carbocycles. The van der Waals surface area contributed by atoms with Gasteiger partial charge in [-0.3, -0.25) is 9.59 Å². The van der Waals surface area contributed by atoms with Gasteiger partial charge in [0.05, 0.1) is 7.11 Å². The summed E-state index contributed by atoms with van der Waals surface area (Å²) < 4.78 is 5.12. The zero-order valence-electron chi connectivity index (χ0n) is 15.7. The lowest BCUT2D eigenvalue weighted by Crippen LogP contribution is -2.34. The van der Waals surface area contributed by atoms with Crippen LogP contribution in [0.3, 0.4) is 0 Å². The Balaban J connectivity index is 2.14. The molecule has 0 aliphatic rings. The molecule has 6 heteroatoms. The summed E-state index contributed by atoms with van der Waals surface area (Å²) in [7, 11) is 1.57. The number of carbonyl (C=O) groups is 2. The second-order valence-electron chi connectivity index (χ2n) is 5.90. The maximum absolute atomic E-state index is 12.4. The summed E-state index contributed by atoms with van der Waals surface area (Å²) in [5.74, 6) is -0.146. The van der Waals surface area contributed by atoms with Gasteiger partial charge in [-0.15, -0.1) is 0 Å². The normalized spacial score (nSPS) is 11.3. The highest BCUT2D eigenvalue weighted by molar-refractivity contribution is 6.04. The lowest BCUT2D eigenvalue weighted by molar-refractivity contribution is -0.121. The van der Waals surface area contributed by atoms with E-state index in [2.05, 4.69) is 10.6 Å². The molecule has 0 atom stereocenters. The molecule has 0 saturated heterocycles. The number of aliphatic hydroxyl groups excluding tert-OH is 1. The lowest BCUT2D eigenvalue weighted by atomic mass is 10.1.